The van der Waals surface area contributed by atoms with E-state index in [0.29, 0.717) is 6.54 Å². The van der Waals surface area contributed by atoms with Gasteiger partial charge in [-0.25, -0.2) is 19.2 Å². The van der Waals surface area contributed by atoms with E-state index in [0.717, 1.165) is 31.7 Å². The normalized spacial score (nSPS) is 20.2. The van der Waals surface area contributed by atoms with Gasteiger partial charge in [-0.15, -0.1) is 0 Å². The number of piperidine rings is 1. The second-order valence-electron chi connectivity index (χ2n) is 6.52. The van der Waals surface area contributed by atoms with E-state index in [1.54, 1.807) is 4.90 Å². The predicted octanol–water partition coefficient (Wildman–Crippen LogP) is 2.51. The van der Waals surface area contributed by atoms with Crippen molar-refractivity contribution in [3.05, 3.63) is 18.2 Å². The van der Waals surface area contributed by atoms with Crippen molar-refractivity contribution < 1.29 is 18.1 Å². The van der Waals surface area contributed by atoms with Crippen molar-refractivity contribution in [2.75, 3.05) is 12.3 Å². The molecule has 0 N–H and O–H groups in total. The van der Waals surface area contributed by atoms with Crippen molar-refractivity contribution in [2.45, 2.75) is 56.8 Å². The maximum atomic E-state index is 12.8. The van der Waals surface area contributed by atoms with Crippen LogP contribution in [0, 0.1) is 5.82 Å². The summed E-state index contributed by atoms with van der Waals surface area (Å²) < 4.78 is 30.6. The van der Waals surface area contributed by atoms with Gasteiger partial charge in [0.15, 0.2) is 5.82 Å². The van der Waals surface area contributed by atoms with Crippen LogP contribution in [0.4, 0.5) is 9.18 Å². The van der Waals surface area contributed by atoms with E-state index in [9.17, 15) is 13.4 Å². The zero-order chi connectivity index (χ0) is 17.0. The van der Waals surface area contributed by atoms with Crippen LogP contribution in [0.25, 0.3) is 0 Å². The third kappa shape index (κ3) is 5.23. The van der Waals surface area contributed by atoms with E-state index in [1.807, 2.05) is 20.8 Å². The van der Waals surface area contributed by atoms with Gasteiger partial charge in [-0.3, -0.25) is 4.21 Å². The third-order valence-electron chi connectivity index (χ3n) is 3.40. The van der Waals surface area contributed by atoms with Gasteiger partial charge in [0.25, 0.3) is 0 Å². The number of nitrogens with zero attached hydrogens (tertiary/aromatic N) is 3. The highest BCUT2D eigenvalue weighted by atomic mass is 32.2. The van der Waals surface area contributed by atoms with Crippen molar-refractivity contribution in [1.82, 2.24) is 14.9 Å². The molecule has 0 saturated carbocycles. The Morgan fingerprint density at radius 1 is 1.39 bits per heavy atom. The van der Waals surface area contributed by atoms with E-state index < -0.39 is 22.2 Å². The molecule has 1 fully saturated rings. The number of carbonyl (C=O) groups is 1. The fourth-order valence-electron chi connectivity index (χ4n) is 2.40. The van der Waals surface area contributed by atoms with Gasteiger partial charge < -0.3 is 9.64 Å². The molecule has 2 atom stereocenters. The summed E-state index contributed by atoms with van der Waals surface area (Å²) in [5.41, 5.74) is -0.571. The second kappa shape index (κ2) is 7.33. The molecule has 0 aromatic carbocycles. The number of hydrogen-bond acceptors (Lipinski definition) is 5. The van der Waals surface area contributed by atoms with E-state index >= 15 is 0 Å². The number of likely N-dealkylation sites (tertiary alicyclic amines) is 1. The zero-order valence-electron chi connectivity index (χ0n) is 13.6. The molecule has 0 spiro atoms. The lowest BCUT2D eigenvalue weighted by Crippen LogP contribution is -2.48. The Labute approximate surface area is 137 Å². The molecule has 0 radical (unpaired) electrons. The molecule has 0 bridgehead atoms. The molecule has 0 aliphatic carbocycles. The van der Waals surface area contributed by atoms with Gasteiger partial charge in [-0.1, -0.05) is 0 Å². The molecule has 0 unspecified atom stereocenters. The Kier molecular flexibility index (Phi) is 5.67. The lowest BCUT2D eigenvalue weighted by Gasteiger charge is -2.36. The van der Waals surface area contributed by atoms with Gasteiger partial charge in [0.1, 0.15) is 5.60 Å². The van der Waals surface area contributed by atoms with Crippen LogP contribution in [-0.2, 0) is 15.5 Å². The molecule has 1 aliphatic heterocycles. The minimum absolute atomic E-state index is 0.0844. The van der Waals surface area contributed by atoms with Gasteiger partial charge >= 0.3 is 6.09 Å². The minimum Gasteiger partial charge on any atom is -0.444 e. The van der Waals surface area contributed by atoms with Gasteiger partial charge in [-0.05, 0) is 40.0 Å². The topological polar surface area (TPSA) is 72.4 Å². The van der Waals surface area contributed by atoms with Crippen molar-refractivity contribution in [1.29, 1.82) is 0 Å². The van der Waals surface area contributed by atoms with Crippen molar-refractivity contribution in [3.63, 3.8) is 0 Å². The molecule has 2 heterocycles. The van der Waals surface area contributed by atoms with Gasteiger partial charge in [0.2, 0.25) is 5.16 Å². The van der Waals surface area contributed by atoms with Gasteiger partial charge in [-0.2, -0.15) is 0 Å². The summed E-state index contributed by atoms with van der Waals surface area (Å²) in [7, 11) is -1.49. The Morgan fingerprint density at radius 3 is 2.65 bits per heavy atom. The van der Waals surface area contributed by atoms with Crippen LogP contribution >= 0.6 is 0 Å². The number of carbonyl (C=O) groups excluding carboxylic acids is 1. The summed E-state index contributed by atoms with van der Waals surface area (Å²) in [6.07, 6.45) is 4.21. The van der Waals surface area contributed by atoms with Crippen LogP contribution in [0.15, 0.2) is 17.6 Å². The van der Waals surface area contributed by atoms with Crippen LogP contribution in [0.1, 0.15) is 40.0 Å². The maximum Gasteiger partial charge on any atom is 0.410 e. The quantitative estimate of drug-likeness (QED) is 0.789. The van der Waals surface area contributed by atoms with E-state index in [4.69, 9.17) is 4.74 Å². The van der Waals surface area contributed by atoms with E-state index in [-0.39, 0.29) is 23.0 Å². The summed E-state index contributed by atoms with van der Waals surface area (Å²) in [6, 6.07) is -0.187. The van der Waals surface area contributed by atoms with E-state index in [2.05, 4.69) is 9.97 Å². The van der Waals surface area contributed by atoms with Crippen molar-refractivity contribution in [2.24, 2.45) is 0 Å². The summed E-state index contributed by atoms with van der Waals surface area (Å²) >= 11 is 0. The molecular weight excluding hydrogens is 321 g/mol. The Hall–Kier alpha value is -1.57. The van der Waals surface area contributed by atoms with Crippen LogP contribution in [0.3, 0.4) is 0 Å². The second-order valence-corrected chi connectivity index (χ2v) is 7.91. The molecular formula is C15H22FN3O3S. The number of ether oxygens (including phenoxy) is 1. The zero-order valence-corrected chi connectivity index (χ0v) is 14.4. The first-order valence-corrected chi connectivity index (χ1v) is 8.94. The Morgan fingerprint density at radius 2 is 2.04 bits per heavy atom. The average molecular weight is 343 g/mol. The predicted molar refractivity (Wildman–Crippen MR) is 83.8 cm³/mol. The van der Waals surface area contributed by atoms with Crippen LogP contribution < -0.4 is 0 Å². The van der Waals surface area contributed by atoms with Gasteiger partial charge in [0.05, 0.1) is 28.9 Å². The molecule has 1 aromatic heterocycles. The number of aromatic nitrogens is 2. The average Bonchev–Trinajstić information content (AvgIpc) is 2.46. The summed E-state index contributed by atoms with van der Waals surface area (Å²) in [5.74, 6) is -0.343. The molecule has 23 heavy (non-hydrogen) atoms. The number of halogens is 1. The molecule has 2 rings (SSSR count). The largest absolute Gasteiger partial charge is 0.444 e. The highest BCUT2D eigenvalue weighted by Crippen LogP contribution is 2.22. The van der Waals surface area contributed by atoms with Gasteiger partial charge in [0, 0.05) is 12.6 Å². The van der Waals surface area contributed by atoms with Crippen molar-refractivity contribution >= 4 is 16.9 Å². The highest BCUT2D eigenvalue weighted by Gasteiger charge is 2.32. The minimum atomic E-state index is -1.49. The fourth-order valence-corrected chi connectivity index (χ4v) is 3.59. The SMILES string of the molecule is CC(C)(C)OC(=O)N1CCCC[C@@H]1C[S@@](=O)c1ncc(F)cn1. The lowest BCUT2D eigenvalue weighted by atomic mass is 10.0. The molecule has 8 heteroatoms. The van der Waals surface area contributed by atoms with Crippen LogP contribution in [0.2, 0.25) is 0 Å². The third-order valence-corrected chi connectivity index (χ3v) is 4.70. The summed E-state index contributed by atoms with van der Waals surface area (Å²) in [5, 5.41) is 0.0844. The summed E-state index contributed by atoms with van der Waals surface area (Å²) in [4.78, 5) is 21.4. The monoisotopic (exact) mass is 343 g/mol. The van der Waals surface area contributed by atoms with E-state index in [1.165, 1.54) is 0 Å². The lowest BCUT2D eigenvalue weighted by molar-refractivity contribution is 0.0125. The summed E-state index contributed by atoms with van der Waals surface area (Å²) in [6.45, 7) is 6.03. The molecule has 1 amide bonds. The molecule has 1 saturated heterocycles. The maximum absolute atomic E-state index is 12.8. The molecule has 6 nitrogen and oxygen atoms in total. The number of hydrogen-bond donors (Lipinski definition) is 0. The first kappa shape index (κ1) is 17.8. The molecule has 1 aromatic rings. The first-order valence-electron chi connectivity index (χ1n) is 7.62. The van der Waals surface area contributed by atoms with Crippen LogP contribution in [0.5, 0.6) is 0 Å². The smallest absolute Gasteiger partial charge is 0.410 e. The van der Waals surface area contributed by atoms with Crippen molar-refractivity contribution in [3.8, 4) is 0 Å². The Balaban J connectivity index is 2.04. The first-order chi connectivity index (χ1) is 10.8. The number of amides is 1. The number of rotatable bonds is 3. The molecule has 1 aliphatic rings. The Bertz CT molecular complexity index is 574. The molecule has 128 valence electrons. The van der Waals surface area contributed by atoms with Crippen LogP contribution in [-0.4, -0.2) is 49.1 Å². The fraction of sp³-hybridized carbons (Fsp3) is 0.667. The highest BCUT2D eigenvalue weighted by molar-refractivity contribution is 7.84. The standard InChI is InChI=1S/C15H22FN3O3S/c1-15(2,3)22-14(20)19-7-5-4-6-12(19)10-23(21)13-17-8-11(16)9-18-13/h8-9,12H,4-7,10H2,1-3H3/t12-,23-/m1/s1.